The number of ether oxygens (including phenoxy) is 1. The predicted octanol–water partition coefficient (Wildman–Crippen LogP) is 1.96. The van der Waals surface area contributed by atoms with Crippen molar-refractivity contribution in [2.75, 3.05) is 17.7 Å². The quantitative estimate of drug-likeness (QED) is 0.888. The summed E-state index contributed by atoms with van der Waals surface area (Å²) in [6.07, 6.45) is 0. The molecule has 0 spiro atoms. The smallest absolute Gasteiger partial charge is 0.281 e. The van der Waals surface area contributed by atoms with Crippen molar-refractivity contribution in [1.82, 2.24) is 10.3 Å². The Kier molecular flexibility index (Phi) is 3.86. The van der Waals surface area contributed by atoms with Crippen LogP contribution in [0.2, 0.25) is 5.02 Å². The van der Waals surface area contributed by atoms with E-state index in [9.17, 15) is 4.79 Å². The molecule has 8 heteroatoms. The topological polar surface area (TPSA) is 103 Å². The maximum atomic E-state index is 11.9. The van der Waals surface area contributed by atoms with Crippen molar-refractivity contribution in [3.63, 3.8) is 0 Å². The number of hydrogen-bond acceptors (Lipinski definition) is 6. The van der Waals surface area contributed by atoms with E-state index in [-0.39, 0.29) is 11.5 Å². The number of carbonyl (C=O) groups is 1. The summed E-state index contributed by atoms with van der Waals surface area (Å²) in [7, 11) is 0. The molecule has 0 aliphatic carbocycles. The number of nitrogens with two attached hydrogens (primary N) is 1. The van der Waals surface area contributed by atoms with Crippen molar-refractivity contribution < 1.29 is 14.2 Å². The van der Waals surface area contributed by atoms with E-state index in [0.717, 1.165) is 0 Å². The van der Waals surface area contributed by atoms with E-state index in [1.807, 2.05) is 6.92 Å². The third-order valence-corrected chi connectivity index (χ3v) is 2.45. The van der Waals surface area contributed by atoms with Gasteiger partial charge in [-0.05, 0) is 35.4 Å². The molecule has 100 valence electrons. The molecule has 1 heterocycles. The van der Waals surface area contributed by atoms with Crippen LogP contribution in [0.15, 0.2) is 22.8 Å². The molecule has 19 heavy (non-hydrogen) atoms. The second kappa shape index (κ2) is 5.57. The largest absolute Gasteiger partial charge is 0.492 e. The SMILES string of the molecule is CCOc1ccc(Cl)cc1NC(=O)c1nonc1N. The molecule has 3 N–H and O–H groups in total. The number of halogens is 1. The van der Waals surface area contributed by atoms with Crippen molar-refractivity contribution in [3.05, 3.63) is 28.9 Å². The molecule has 0 bridgehead atoms. The Balaban J connectivity index is 2.25. The minimum absolute atomic E-state index is 0.0857. The van der Waals surface area contributed by atoms with Gasteiger partial charge in [-0.3, -0.25) is 4.79 Å². The molecule has 0 aliphatic rings. The molecule has 1 aromatic heterocycles. The first-order chi connectivity index (χ1) is 9.11. The molecule has 1 amide bonds. The highest BCUT2D eigenvalue weighted by Crippen LogP contribution is 2.28. The Bertz CT molecular complexity index is 599. The number of aromatic nitrogens is 2. The predicted molar refractivity (Wildman–Crippen MR) is 69.3 cm³/mol. The lowest BCUT2D eigenvalue weighted by atomic mass is 10.2. The van der Waals surface area contributed by atoms with E-state index in [1.165, 1.54) is 0 Å². The molecule has 1 aromatic carbocycles. The zero-order valence-corrected chi connectivity index (χ0v) is 10.8. The lowest BCUT2D eigenvalue weighted by Crippen LogP contribution is -2.15. The first kappa shape index (κ1) is 13.2. The van der Waals surface area contributed by atoms with Crippen LogP contribution in [0.25, 0.3) is 0 Å². The Morgan fingerprint density at radius 2 is 2.32 bits per heavy atom. The van der Waals surface area contributed by atoms with Crippen LogP contribution in [0.5, 0.6) is 5.75 Å². The first-order valence-corrected chi connectivity index (χ1v) is 5.81. The molecule has 0 fully saturated rings. The van der Waals surface area contributed by atoms with Gasteiger partial charge in [-0.25, -0.2) is 4.63 Å². The van der Waals surface area contributed by atoms with Gasteiger partial charge in [0.05, 0.1) is 12.3 Å². The second-order valence-electron chi connectivity index (χ2n) is 3.53. The van der Waals surface area contributed by atoms with Crippen LogP contribution in [0.1, 0.15) is 17.4 Å². The fraction of sp³-hybridized carbons (Fsp3) is 0.182. The van der Waals surface area contributed by atoms with E-state index in [0.29, 0.717) is 23.1 Å². The first-order valence-electron chi connectivity index (χ1n) is 5.43. The van der Waals surface area contributed by atoms with Crippen LogP contribution in [0, 0.1) is 0 Å². The van der Waals surface area contributed by atoms with Crippen molar-refractivity contribution in [1.29, 1.82) is 0 Å². The van der Waals surface area contributed by atoms with Gasteiger partial charge in [0.1, 0.15) is 5.75 Å². The maximum Gasteiger partial charge on any atom is 0.281 e. The molecular weight excluding hydrogens is 272 g/mol. The summed E-state index contributed by atoms with van der Waals surface area (Å²) in [6.45, 7) is 2.29. The van der Waals surface area contributed by atoms with E-state index in [1.54, 1.807) is 18.2 Å². The summed E-state index contributed by atoms with van der Waals surface area (Å²) in [6, 6.07) is 4.88. The molecule has 2 rings (SSSR count). The van der Waals surface area contributed by atoms with Crippen LogP contribution in [0.4, 0.5) is 11.5 Å². The van der Waals surface area contributed by atoms with E-state index in [2.05, 4.69) is 20.3 Å². The summed E-state index contributed by atoms with van der Waals surface area (Å²) in [5, 5.41) is 9.79. The summed E-state index contributed by atoms with van der Waals surface area (Å²) in [5.74, 6) is -0.144. The normalized spacial score (nSPS) is 10.2. The van der Waals surface area contributed by atoms with E-state index >= 15 is 0 Å². The summed E-state index contributed by atoms with van der Waals surface area (Å²) in [5.41, 5.74) is 5.76. The zero-order valence-electron chi connectivity index (χ0n) is 10.0. The van der Waals surface area contributed by atoms with Crippen LogP contribution < -0.4 is 15.8 Å². The fourth-order valence-corrected chi connectivity index (χ4v) is 1.59. The van der Waals surface area contributed by atoms with Gasteiger partial charge in [-0.1, -0.05) is 11.6 Å². The summed E-state index contributed by atoms with van der Waals surface area (Å²) < 4.78 is 9.74. The van der Waals surface area contributed by atoms with Gasteiger partial charge in [0.2, 0.25) is 11.5 Å². The minimum Gasteiger partial charge on any atom is -0.492 e. The van der Waals surface area contributed by atoms with Gasteiger partial charge >= 0.3 is 0 Å². The number of nitrogen functional groups attached to an aromatic ring is 1. The van der Waals surface area contributed by atoms with Gasteiger partial charge < -0.3 is 15.8 Å². The monoisotopic (exact) mass is 282 g/mol. The Hall–Kier alpha value is -2.28. The zero-order chi connectivity index (χ0) is 13.8. The van der Waals surface area contributed by atoms with Crippen LogP contribution in [0.3, 0.4) is 0 Å². The van der Waals surface area contributed by atoms with Gasteiger partial charge in [-0.15, -0.1) is 0 Å². The molecule has 0 aliphatic heterocycles. The highest BCUT2D eigenvalue weighted by atomic mass is 35.5. The highest BCUT2D eigenvalue weighted by Gasteiger charge is 2.17. The van der Waals surface area contributed by atoms with Gasteiger partial charge in [0.15, 0.2) is 0 Å². The number of anilines is 2. The lowest BCUT2D eigenvalue weighted by Gasteiger charge is -2.10. The third-order valence-electron chi connectivity index (χ3n) is 2.22. The van der Waals surface area contributed by atoms with Gasteiger partial charge in [0, 0.05) is 5.02 Å². The average Bonchev–Trinajstić information content (AvgIpc) is 2.79. The van der Waals surface area contributed by atoms with E-state index in [4.69, 9.17) is 22.1 Å². The van der Waals surface area contributed by atoms with Gasteiger partial charge in [0.25, 0.3) is 5.91 Å². The molecule has 0 saturated heterocycles. The molecule has 0 saturated carbocycles. The standard InChI is InChI=1S/C11H11ClN4O3/c1-2-18-8-4-3-6(12)5-7(8)14-11(17)9-10(13)16-19-15-9/h3-5H,2H2,1H3,(H2,13,16)(H,14,17). The minimum atomic E-state index is -0.554. The number of benzene rings is 1. The van der Waals surface area contributed by atoms with Gasteiger partial charge in [-0.2, -0.15) is 0 Å². The number of nitrogens with one attached hydrogen (secondary N) is 1. The molecule has 0 unspecified atom stereocenters. The maximum absolute atomic E-state index is 11.9. The second-order valence-corrected chi connectivity index (χ2v) is 3.96. The van der Waals surface area contributed by atoms with Crippen molar-refractivity contribution in [2.45, 2.75) is 6.92 Å². The lowest BCUT2D eigenvalue weighted by molar-refractivity contribution is 0.101. The fourth-order valence-electron chi connectivity index (χ4n) is 1.42. The van der Waals surface area contributed by atoms with Crippen LogP contribution in [-0.2, 0) is 0 Å². The van der Waals surface area contributed by atoms with Crippen LogP contribution >= 0.6 is 11.6 Å². The molecule has 2 aromatic rings. The molecule has 7 nitrogen and oxygen atoms in total. The Morgan fingerprint density at radius 1 is 1.53 bits per heavy atom. The number of rotatable bonds is 4. The summed E-state index contributed by atoms with van der Waals surface area (Å²) in [4.78, 5) is 11.9. The van der Waals surface area contributed by atoms with E-state index < -0.39 is 5.91 Å². The molecule has 0 atom stereocenters. The van der Waals surface area contributed by atoms with Crippen LogP contribution in [-0.4, -0.2) is 22.8 Å². The summed E-state index contributed by atoms with van der Waals surface area (Å²) >= 11 is 5.88. The number of carbonyl (C=O) groups excluding carboxylic acids is 1. The van der Waals surface area contributed by atoms with Crippen molar-refractivity contribution in [2.24, 2.45) is 0 Å². The molecule has 0 radical (unpaired) electrons. The average molecular weight is 283 g/mol. The van der Waals surface area contributed by atoms with Crippen molar-refractivity contribution in [3.8, 4) is 5.75 Å². The van der Waals surface area contributed by atoms with Crippen molar-refractivity contribution >= 4 is 29.0 Å². The number of nitrogens with zero attached hydrogens (tertiary/aromatic N) is 2. The number of hydrogen-bond donors (Lipinski definition) is 2. The third kappa shape index (κ3) is 2.94. The Morgan fingerprint density at radius 3 is 2.95 bits per heavy atom. The number of amides is 1. The Labute approximate surface area is 113 Å². The molecular formula is C11H11ClN4O3. The highest BCUT2D eigenvalue weighted by molar-refractivity contribution is 6.31.